The minimum absolute atomic E-state index is 0.159. The molecule has 0 saturated heterocycles. The number of nitrogens with one attached hydrogen (secondary N) is 1. The number of carbonyl (C=O) groups excluding carboxylic acids is 2. The summed E-state index contributed by atoms with van der Waals surface area (Å²) < 4.78 is 6.55. The number of likely N-dealkylation sites (N-methyl/N-ethyl adjacent to an activating group) is 1. The molecule has 0 radical (unpaired) electrons. The van der Waals surface area contributed by atoms with Crippen LogP contribution >= 0.6 is 15.9 Å². The maximum absolute atomic E-state index is 12.1. The van der Waals surface area contributed by atoms with E-state index in [0.29, 0.717) is 31.7 Å². The van der Waals surface area contributed by atoms with Crippen LogP contribution in [0.2, 0.25) is 0 Å². The Hall–Kier alpha value is -1.89. The van der Waals surface area contributed by atoms with Gasteiger partial charge in [-0.3, -0.25) is 9.59 Å². The fraction of sp³-hybridized carbons (Fsp3) is 0.357. The number of carbonyl (C=O) groups is 2. The highest BCUT2D eigenvalue weighted by molar-refractivity contribution is 9.10. The van der Waals surface area contributed by atoms with Gasteiger partial charge in [-0.1, -0.05) is 15.9 Å². The van der Waals surface area contributed by atoms with Crippen molar-refractivity contribution in [1.82, 2.24) is 10.3 Å². The summed E-state index contributed by atoms with van der Waals surface area (Å²) in [6.45, 7) is 0.839. The average molecular weight is 354 g/mol. The Morgan fingerprint density at radius 1 is 1.38 bits per heavy atom. The molecule has 0 bridgehead atoms. The van der Waals surface area contributed by atoms with Gasteiger partial charge in [-0.2, -0.15) is 5.10 Å². The predicted octanol–water partition coefficient (Wildman–Crippen LogP) is 1.55. The largest absolute Gasteiger partial charge is 0.492 e. The average Bonchev–Trinajstić information content (AvgIpc) is 2.49. The van der Waals surface area contributed by atoms with Gasteiger partial charge in [0.15, 0.2) is 0 Å². The van der Waals surface area contributed by atoms with Crippen molar-refractivity contribution in [3.63, 3.8) is 0 Å². The summed E-state index contributed by atoms with van der Waals surface area (Å²) in [5, 5.41) is 3.79. The van der Waals surface area contributed by atoms with E-state index >= 15 is 0 Å². The molecule has 0 fully saturated rings. The Bertz CT molecular complexity index is 557. The molecule has 0 aromatic heterocycles. The molecule has 6 nitrogen and oxygen atoms in total. The summed E-state index contributed by atoms with van der Waals surface area (Å²) >= 11 is 3.35. The summed E-state index contributed by atoms with van der Waals surface area (Å²) in [6.07, 6.45) is 0.677. The number of benzene rings is 1. The van der Waals surface area contributed by atoms with Crippen LogP contribution in [0.4, 0.5) is 0 Å². The number of nitrogens with zero attached hydrogens (tertiary/aromatic N) is 2. The predicted molar refractivity (Wildman–Crippen MR) is 82.1 cm³/mol. The van der Waals surface area contributed by atoms with E-state index in [1.54, 1.807) is 7.05 Å². The Balaban J connectivity index is 1.79. The van der Waals surface area contributed by atoms with Crippen molar-refractivity contribution in [2.75, 3.05) is 20.2 Å². The van der Waals surface area contributed by atoms with Crippen molar-refractivity contribution in [1.29, 1.82) is 0 Å². The first-order chi connectivity index (χ1) is 10.1. The third-order valence-corrected chi connectivity index (χ3v) is 3.54. The lowest BCUT2D eigenvalue weighted by molar-refractivity contribution is -0.123. The summed E-state index contributed by atoms with van der Waals surface area (Å²) in [5.74, 6) is 0.406. The standard InChI is InChI=1S/C14H16BrN3O3/c1-18(14(20)12-6-7-13(19)17-16-12)8-9-21-11-4-2-10(15)3-5-11/h2-5H,6-9H2,1H3,(H,17,19). The van der Waals surface area contributed by atoms with E-state index < -0.39 is 0 Å². The smallest absolute Gasteiger partial charge is 0.269 e. The molecule has 1 aromatic rings. The minimum atomic E-state index is -0.186. The zero-order valence-electron chi connectivity index (χ0n) is 11.6. The van der Waals surface area contributed by atoms with Crippen LogP contribution in [0.3, 0.4) is 0 Å². The maximum atomic E-state index is 12.1. The highest BCUT2D eigenvalue weighted by atomic mass is 79.9. The molecule has 1 aliphatic heterocycles. The topological polar surface area (TPSA) is 71.0 Å². The number of amides is 2. The molecule has 21 heavy (non-hydrogen) atoms. The van der Waals surface area contributed by atoms with E-state index in [1.807, 2.05) is 24.3 Å². The molecule has 0 unspecified atom stereocenters. The summed E-state index contributed by atoms with van der Waals surface area (Å²) in [4.78, 5) is 24.6. The van der Waals surface area contributed by atoms with Gasteiger partial charge in [-0.05, 0) is 24.3 Å². The molecule has 1 aromatic carbocycles. The van der Waals surface area contributed by atoms with Gasteiger partial charge >= 0.3 is 0 Å². The number of hydrogen-bond acceptors (Lipinski definition) is 4. The molecular weight excluding hydrogens is 338 g/mol. The van der Waals surface area contributed by atoms with Crippen molar-refractivity contribution < 1.29 is 14.3 Å². The fourth-order valence-corrected chi connectivity index (χ4v) is 2.05. The molecular formula is C14H16BrN3O3. The van der Waals surface area contributed by atoms with E-state index in [1.165, 1.54) is 4.90 Å². The van der Waals surface area contributed by atoms with Gasteiger partial charge in [0.25, 0.3) is 5.91 Å². The van der Waals surface area contributed by atoms with E-state index in [2.05, 4.69) is 26.5 Å². The van der Waals surface area contributed by atoms with Crippen molar-refractivity contribution >= 4 is 33.5 Å². The van der Waals surface area contributed by atoms with Gasteiger partial charge in [-0.25, -0.2) is 5.43 Å². The number of hydrazone groups is 1. The molecule has 1 heterocycles. The van der Waals surface area contributed by atoms with Crippen LogP contribution in [0.5, 0.6) is 5.75 Å². The van der Waals surface area contributed by atoms with Gasteiger partial charge in [0, 0.05) is 24.4 Å². The van der Waals surface area contributed by atoms with Gasteiger partial charge in [-0.15, -0.1) is 0 Å². The molecule has 1 N–H and O–H groups in total. The second kappa shape index (κ2) is 7.21. The van der Waals surface area contributed by atoms with Crippen molar-refractivity contribution in [2.45, 2.75) is 12.8 Å². The number of rotatable bonds is 5. The van der Waals surface area contributed by atoms with Crippen LogP contribution in [-0.4, -0.2) is 42.6 Å². The second-order valence-electron chi connectivity index (χ2n) is 4.62. The minimum Gasteiger partial charge on any atom is -0.492 e. The van der Waals surface area contributed by atoms with Crippen LogP contribution < -0.4 is 10.2 Å². The fourth-order valence-electron chi connectivity index (χ4n) is 1.78. The summed E-state index contributed by atoms with van der Waals surface area (Å²) in [7, 11) is 1.69. The second-order valence-corrected chi connectivity index (χ2v) is 5.54. The van der Waals surface area contributed by atoms with Gasteiger partial charge in [0.05, 0.1) is 6.54 Å². The molecule has 7 heteroatoms. The molecule has 1 aliphatic rings. The first-order valence-electron chi connectivity index (χ1n) is 6.55. The van der Waals surface area contributed by atoms with E-state index in [0.717, 1.165) is 10.2 Å². The van der Waals surface area contributed by atoms with Crippen LogP contribution in [0.1, 0.15) is 12.8 Å². The molecule has 0 saturated carbocycles. The van der Waals surface area contributed by atoms with Crippen molar-refractivity contribution in [3.05, 3.63) is 28.7 Å². The zero-order valence-corrected chi connectivity index (χ0v) is 13.2. The quantitative estimate of drug-likeness (QED) is 0.872. The Labute approximate surface area is 131 Å². The van der Waals surface area contributed by atoms with Crippen LogP contribution in [0, 0.1) is 0 Å². The van der Waals surface area contributed by atoms with Gasteiger partial charge in [0.1, 0.15) is 18.1 Å². The Morgan fingerprint density at radius 3 is 2.71 bits per heavy atom. The maximum Gasteiger partial charge on any atom is 0.269 e. The molecule has 2 amide bonds. The number of ether oxygens (including phenoxy) is 1. The zero-order chi connectivity index (χ0) is 15.2. The molecule has 112 valence electrons. The van der Waals surface area contributed by atoms with E-state index in [9.17, 15) is 9.59 Å². The van der Waals surface area contributed by atoms with Gasteiger partial charge in [0.2, 0.25) is 5.91 Å². The van der Waals surface area contributed by atoms with Gasteiger partial charge < -0.3 is 9.64 Å². The lowest BCUT2D eigenvalue weighted by Crippen LogP contribution is -2.39. The van der Waals surface area contributed by atoms with Crippen molar-refractivity contribution in [2.24, 2.45) is 5.10 Å². The lowest BCUT2D eigenvalue weighted by atomic mass is 10.1. The normalized spacial score (nSPS) is 14.2. The third-order valence-electron chi connectivity index (χ3n) is 3.01. The lowest BCUT2D eigenvalue weighted by Gasteiger charge is -2.20. The van der Waals surface area contributed by atoms with Crippen LogP contribution in [0.15, 0.2) is 33.8 Å². The third kappa shape index (κ3) is 4.56. The van der Waals surface area contributed by atoms with Crippen molar-refractivity contribution in [3.8, 4) is 5.75 Å². The highest BCUT2D eigenvalue weighted by Gasteiger charge is 2.21. The summed E-state index contributed by atoms with van der Waals surface area (Å²) in [5.41, 5.74) is 2.70. The molecule has 0 aliphatic carbocycles. The number of halogens is 1. The SMILES string of the molecule is CN(CCOc1ccc(Br)cc1)C(=O)C1=NNC(=O)CC1. The Morgan fingerprint density at radius 2 is 2.10 bits per heavy atom. The first-order valence-corrected chi connectivity index (χ1v) is 7.35. The summed E-state index contributed by atoms with van der Waals surface area (Å²) in [6, 6.07) is 7.49. The van der Waals surface area contributed by atoms with E-state index in [-0.39, 0.29) is 11.8 Å². The van der Waals surface area contributed by atoms with Crippen LogP contribution in [-0.2, 0) is 9.59 Å². The Kier molecular flexibility index (Phi) is 5.32. The molecule has 0 atom stereocenters. The molecule has 0 spiro atoms. The molecule has 2 rings (SSSR count). The van der Waals surface area contributed by atoms with E-state index in [4.69, 9.17) is 4.74 Å². The first kappa shape index (κ1) is 15.5. The van der Waals surface area contributed by atoms with Crippen LogP contribution in [0.25, 0.3) is 0 Å². The highest BCUT2D eigenvalue weighted by Crippen LogP contribution is 2.15. The number of hydrogen-bond donors (Lipinski definition) is 1. The monoisotopic (exact) mass is 353 g/mol.